The van der Waals surface area contributed by atoms with Gasteiger partial charge >= 0.3 is 0 Å². The Kier molecular flexibility index (Phi) is 6.10. The Labute approximate surface area is 189 Å². The average Bonchev–Trinajstić information content (AvgIpc) is 3.24. The SMILES string of the molecule is Cc1c(N2CCCCC2)ccnc1CS(=O)c1nc2cc(N3CCOCC3)c(F)cc2[nH]1. The van der Waals surface area contributed by atoms with Gasteiger partial charge in [-0.25, -0.2) is 9.37 Å². The lowest BCUT2D eigenvalue weighted by Gasteiger charge is -2.30. The molecule has 1 unspecified atom stereocenters. The minimum absolute atomic E-state index is 0.270. The molecule has 1 aromatic carbocycles. The quantitative estimate of drug-likeness (QED) is 0.632. The summed E-state index contributed by atoms with van der Waals surface area (Å²) < 4.78 is 33.2. The van der Waals surface area contributed by atoms with Crippen LogP contribution >= 0.6 is 0 Å². The van der Waals surface area contributed by atoms with Gasteiger partial charge in [-0.3, -0.25) is 9.19 Å². The number of ether oxygens (including phenoxy) is 1. The molecule has 0 radical (unpaired) electrons. The molecule has 7 nitrogen and oxygen atoms in total. The molecule has 2 fully saturated rings. The summed E-state index contributed by atoms with van der Waals surface area (Å²) in [6, 6.07) is 5.21. The van der Waals surface area contributed by atoms with Crippen LogP contribution in [0.4, 0.5) is 15.8 Å². The number of anilines is 2. The van der Waals surface area contributed by atoms with Gasteiger partial charge in [0.1, 0.15) is 5.82 Å². The summed E-state index contributed by atoms with van der Waals surface area (Å²) in [5.74, 6) is -0.0429. The summed E-state index contributed by atoms with van der Waals surface area (Å²) in [5, 5.41) is 0.350. The van der Waals surface area contributed by atoms with Crippen molar-refractivity contribution in [2.75, 3.05) is 49.2 Å². The Morgan fingerprint density at radius 1 is 1.09 bits per heavy atom. The molecule has 4 heterocycles. The monoisotopic (exact) mass is 457 g/mol. The van der Waals surface area contributed by atoms with Crippen LogP contribution in [0, 0.1) is 12.7 Å². The van der Waals surface area contributed by atoms with E-state index in [1.54, 1.807) is 12.3 Å². The van der Waals surface area contributed by atoms with Crippen LogP contribution in [-0.2, 0) is 21.3 Å². The summed E-state index contributed by atoms with van der Waals surface area (Å²) in [4.78, 5) is 16.4. The highest BCUT2D eigenvalue weighted by Gasteiger charge is 2.20. The molecule has 0 aliphatic carbocycles. The van der Waals surface area contributed by atoms with Crippen molar-refractivity contribution in [2.45, 2.75) is 37.1 Å². The van der Waals surface area contributed by atoms with Crippen molar-refractivity contribution in [1.82, 2.24) is 15.0 Å². The maximum atomic E-state index is 14.7. The molecule has 170 valence electrons. The molecule has 2 aromatic heterocycles. The van der Waals surface area contributed by atoms with Gasteiger partial charge < -0.3 is 19.5 Å². The molecular formula is C23H28FN5O2S. The molecular weight excluding hydrogens is 429 g/mol. The molecule has 5 rings (SSSR count). The molecule has 0 saturated carbocycles. The zero-order chi connectivity index (χ0) is 22.1. The number of halogens is 1. The maximum Gasteiger partial charge on any atom is 0.197 e. The van der Waals surface area contributed by atoms with Crippen LogP contribution in [0.5, 0.6) is 0 Å². The van der Waals surface area contributed by atoms with E-state index in [1.165, 1.54) is 31.0 Å². The Balaban J connectivity index is 1.38. The molecule has 0 bridgehead atoms. The Bertz CT molecular complexity index is 1140. The number of rotatable bonds is 5. The van der Waals surface area contributed by atoms with Gasteiger partial charge in [0.05, 0.1) is 52.2 Å². The fraction of sp³-hybridized carbons (Fsp3) is 0.478. The van der Waals surface area contributed by atoms with Crippen LogP contribution in [-0.4, -0.2) is 58.6 Å². The first-order chi connectivity index (χ1) is 15.6. The first-order valence-corrected chi connectivity index (χ1v) is 12.5. The number of piperidine rings is 1. The van der Waals surface area contributed by atoms with Gasteiger partial charge in [-0.1, -0.05) is 0 Å². The average molecular weight is 458 g/mol. The van der Waals surface area contributed by atoms with Crippen molar-refractivity contribution in [3.8, 4) is 0 Å². The molecule has 32 heavy (non-hydrogen) atoms. The van der Waals surface area contributed by atoms with Crippen LogP contribution in [0.1, 0.15) is 30.5 Å². The van der Waals surface area contributed by atoms with E-state index in [4.69, 9.17) is 4.74 Å². The van der Waals surface area contributed by atoms with Gasteiger partial charge in [0.25, 0.3) is 0 Å². The van der Waals surface area contributed by atoms with Crippen LogP contribution in [0.15, 0.2) is 29.6 Å². The Hall–Kier alpha value is -2.52. The minimum atomic E-state index is -1.41. The highest BCUT2D eigenvalue weighted by molar-refractivity contribution is 7.84. The summed E-state index contributed by atoms with van der Waals surface area (Å²) in [6.45, 7) is 6.59. The molecule has 1 atom stereocenters. The number of imidazole rings is 1. The lowest BCUT2D eigenvalue weighted by molar-refractivity contribution is 0.122. The highest BCUT2D eigenvalue weighted by Crippen LogP contribution is 2.28. The molecule has 3 aromatic rings. The normalized spacial score (nSPS) is 18.3. The number of nitrogens with zero attached hydrogens (tertiary/aromatic N) is 4. The number of morpholine rings is 1. The Morgan fingerprint density at radius 2 is 1.84 bits per heavy atom. The van der Waals surface area contributed by atoms with E-state index >= 15 is 0 Å². The van der Waals surface area contributed by atoms with Gasteiger partial charge in [0.15, 0.2) is 5.16 Å². The number of hydrogen-bond donors (Lipinski definition) is 1. The zero-order valence-electron chi connectivity index (χ0n) is 18.3. The smallest absolute Gasteiger partial charge is 0.197 e. The second kappa shape index (κ2) is 9.15. The number of nitrogens with one attached hydrogen (secondary N) is 1. The number of fused-ring (bicyclic) bond motifs is 1. The fourth-order valence-corrected chi connectivity index (χ4v) is 5.63. The summed E-state index contributed by atoms with van der Waals surface area (Å²) in [6.07, 6.45) is 5.47. The van der Waals surface area contributed by atoms with Crippen LogP contribution in [0.25, 0.3) is 11.0 Å². The number of aromatic amines is 1. The molecule has 9 heteroatoms. The van der Waals surface area contributed by atoms with Crippen LogP contribution < -0.4 is 9.80 Å². The molecule has 1 N–H and O–H groups in total. The number of H-pyrrole nitrogens is 1. The van der Waals surface area contributed by atoms with E-state index in [0.717, 1.165) is 24.3 Å². The number of benzene rings is 1. The second-order valence-corrected chi connectivity index (χ2v) is 9.77. The third kappa shape index (κ3) is 4.23. The first-order valence-electron chi connectivity index (χ1n) is 11.2. The number of aromatic nitrogens is 3. The number of hydrogen-bond acceptors (Lipinski definition) is 6. The van der Waals surface area contributed by atoms with Crippen molar-refractivity contribution < 1.29 is 13.3 Å². The lowest BCUT2D eigenvalue weighted by atomic mass is 10.1. The Morgan fingerprint density at radius 3 is 2.62 bits per heavy atom. The predicted molar refractivity (Wildman–Crippen MR) is 124 cm³/mol. The van der Waals surface area contributed by atoms with Gasteiger partial charge in [0, 0.05) is 44.1 Å². The fourth-order valence-electron chi connectivity index (χ4n) is 4.53. The maximum absolute atomic E-state index is 14.7. The van der Waals surface area contributed by atoms with Gasteiger partial charge in [-0.2, -0.15) is 0 Å². The molecule has 2 saturated heterocycles. The summed E-state index contributed by atoms with van der Waals surface area (Å²) in [7, 11) is -1.41. The van der Waals surface area contributed by atoms with Gasteiger partial charge in [-0.15, -0.1) is 0 Å². The van der Waals surface area contributed by atoms with Gasteiger partial charge in [-0.05, 0) is 43.9 Å². The molecule has 0 amide bonds. The van der Waals surface area contributed by atoms with Crippen molar-refractivity contribution in [3.63, 3.8) is 0 Å². The molecule has 0 spiro atoms. The largest absolute Gasteiger partial charge is 0.378 e. The molecule has 2 aliphatic rings. The second-order valence-electron chi connectivity index (χ2n) is 8.40. The van der Waals surface area contributed by atoms with E-state index in [2.05, 4.69) is 19.9 Å². The lowest BCUT2D eigenvalue weighted by Crippen LogP contribution is -2.36. The van der Waals surface area contributed by atoms with E-state index in [1.807, 2.05) is 17.9 Å². The van der Waals surface area contributed by atoms with Crippen molar-refractivity contribution >= 4 is 33.2 Å². The third-order valence-electron chi connectivity index (χ3n) is 6.34. The standard InChI is InChI=1S/C23H28FN5O2S/c1-16-20(25-6-5-21(16)28-7-3-2-4-8-28)15-32(30)23-26-18-13-17(24)22(14-19(18)27-23)29-9-11-31-12-10-29/h5-6,13-14H,2-4,7-12,15H2,1H3,(H,26,27). The zero-order valence-corrected chi connectivity index (χ0v) is 19.1. The topological polar surface area (TPSA) is 74.3 Å². The summed E-state index contributed by atoms with van der Waals surface area (Å²) >= 11 is 0. The minimum Gasteiger partial charge on any atom is -0.378 e. The van der Waals surface area contributed by atoms with Crippen molar-refractivity contribution in [1.29, 1.82) is 0 Å². The number of pyridine rings is 1. The van der Waals surface area contributed by atoms with Crippen LogP contribution in [0.3, 0.4) is 0 Å². The van der Waals surface area contributed by atoms with Crippen LogP contribution in [0.2, 0.25) is 0 Å². The van der Waals surface area contributed by atoms with E-state index in [-0.39, 0.29) is 11.6 Å². The molecule has 2 aliphatic heterocycles. The van der Waals surface area contributed by atoms with Crippen molar-refractivity contribution in [3.05, 3.63) is 41.5 Å². The van der Waals surface area contributed by atoms with E-state index in [0.29, 0.717) is 48.2 Å². The predicted octanol–water partition coefficient (Wildman–Crippen LogP) is 3.54. The highest BCUT2D eigenvalue weighted by atomic mass is 32.2. The van der Waals surface area contributed by atoms with Gasteiger partial charge in [0.2, 0.25) is 0 Å². The van der Waals surface area contributed by atoms with E-state index in [9.17, 15) is 8.60 Å². The third-order valence-corrected chi connectivity index (χ3v) is 7.50. The van der Waals surface area contributed by atoms with E-state index < -0.39 is 10.8 Å². The first kappa shape index (κ1) is 21.3. The van der Waals surface area contributed by atoms with Crippen molar-refractivity contribution in [2.24, 2.45) is 0 Å². The summed E-state index contributed by atoms with van der Waals surface area (Å²) in [5.41, 5.74) is 4.73.